The first kappa shape index (κ1) is 17.9. The van der Waals surface area contributed by atoms with Crippen LogP contribution in [0.2, 0.25) is 0 Å². The van der Waals surface area contributed by atoms with Gasteiger partial charge in [-0.25, -0.2) is 4.98 Å². The van der Waals surface area contributed by atoms with E-state index in [0.717, 1.165) is 32.0 Å². The van der Waals surface area contributed by atoms with E-state index in [1.807, 2.05) is 12.4 Å². The fraction of sp³-hybridized carbons (Fsp3) is 0.600. The van der Waals surface area contributed by atoms with Crippen molar-refractivity contribution in [3.8, 4) is 11.1 Å². The van der Waals surface area contributed by atoms with E-state index >= 15 is 0 Å². The van der Waals surface area contributed by atoms with Crippen LogP contribution in [0.25, 0.3) is 11.1 Å². The monoisotopic (exact) mass is 341 g/mol. The minimum absolute atomic E-state index is 0.634. The van der Waals surface area contributed by atoms with Gasteiger partial charge in [0.25, 0.3) is 0 Å². The van der Waals surface area contributed by atoms with Gasteiger partial charge in [0.1, 0.15) is 5.82 Å². The normalized spacial score (nSPS) is 15.2. The van der Waals surface area contributed by atoms with Crippen LogP contribution in [0.5, 0.6) is 0 Å². The third-order valence-corrected chi connectivity index (χ3v) is 5.22. The predicted molar refractivity (Wildman–Crippen MR) is 104 cm³/mol. The van der Waals surface area contributed by atoms with Gasteiger partial charge in [-0.1, -0.05) is 26.7 Å². The summed E-state index contributed by atoms with van der Waals surface area (Å²) in [4.78, 5) is 6.95. The maximum Gasteiger partial charge on any atom is 0.126 e. The van der Waals surface area contributed by atoms with Crippen LogP contribution >= 0.6 is 0 Å². The first-order valence-corrected chi connectivity index (χ1v) is 9.77. The second-order valence-electron chi connectivity index (χ2n) is 6.97. The summed E-state index contributed by atoms with van der Waals surface area (Å²) in [6.07, 6.45) is 10.3. The van der Waals surface area contributed by atoms with E-state index < -0.39 is 0 Å². The number of nitrogens with zero attached hydrogens (tertiary/aromatic N) is 3. The molecule has 5 heteroatoms. The number of hydrogen-bond acceptors (Lipinski definition) is 4. The Morgan fingerprint density at radius 1 is 1.24 bits per heavy atom. The summed E-state index contributed by atoms with van der Waals surface area (Å²) in [7, 11) is 0. The Morgan fingerprint density at radius 2 is 2.08 bits per heavy atom. The van der Waals surface area contributed by atoms with Gasteiger partial charge in [-0.05, 0) is 50.0 Å². The Morgan fingerprint density at radius 3 is 2.84 bits per heavy atom. The smallest absolute Gasteiger partial charge is 0.126 e. The quantitative estimate of drug-likeness (QED) is 0.715. The Balaban J connectivity index is 1.65. The number of aromatic nitrogens is 3. The summed E-state index contributed by atoms with van der Waals surface area (Å²) < 4.78 is 0. The SMILES string of the molecule is CCCN(CC)CCNc1cc(-c2cn[nH]c2C2CCCC2)ccn1. The van der Waals surface area contributed by atoms with Gasteiger partial charge in [0.2, 0.25) is 0 Å². The second-order valence-corrected chi connectivity index (χ2v) is 6.97. The van der Waals surface area contributed by atoms with Crippen molar-refractivity contribution in [2.24, 2.45) is 0 Å². The number of aromatic amines is 1. The lowest BCUT2D eigenvalue weighted by atomic mass is 9.97. The first-order valence-electron chi connectivity index (χ1n) is 9.77. The lowest BCUT2D eigenvalue weighted by Gasteiger charge is -2.19. The number of H-pyrrole nitrogens is 1. The minimum Gasteiger partial charge on any atom is -0.369 e. The van der Waals surface area contributed by atoms with E-state index in [-0.39, 0.29) is 0 Å². The van der Waals surface area contributed by atoms with Crippen molar-refractivity contribution in [2.45, 2.75) is 51.9 Å². The van der Waals surface area contributed by atoms with E-state index in [1.165, 1.54) is 48.9 Å². The Hall–Kier alpha value is -1.88. The van der Waals surface area contributed by atoms with Gasteiger partial charge >= 0.3 is 0 Å². The summed E-state index contributed by atoms with van der Waals surface area (Å²) in [6.45, 7) is 8.68. The lowest BCUT2D eigenvalue weighted by Crippen LogP contribution is -2.29. The molecule has 1 aliphatic rings. The molecule has 2 N–H and O–H groups in total. The highest BCUT2D eigenvalue weighted by molar-refractivity contribution is 5.68. The number of likely N-dealkylation sites (N-methyl/N-ethyl adjacent to an activating group) is 1. The molecule has 2 aromatic rings. The zero-order chi connectivity index (χ0) is 17.5. The molecule has 0 aliphatic heterocycles. The van der Waals surface area contributed by atoms with Crippen LogP contribution in [-0.4, -0.2) is 46.3 Å². The molecule has 1 fully saturated rings. The molecule has 2 aromatic heterocycles. The first-order chi connectivity index (χ1) is 12.3. The van der Waals surface area contributed by atoms with Gasteiger partial charge in [-0.3, -0.25) is 5.10 Å². The largest absolute Gasteiger partial charge is 0.369 e. The summed E-state index contributed by atoms with van der Waals surface area (Å²) in [6, 6.07) is 4.24. The Labute approximate surface area is 151 Å². The second kappa shape index (κ2) is 8.99. The van der Waals surface area contributed by atoms with Crippen molar-refractivity contribution in [1.82, 2.24) is 20.1 Å². The van der Waals surface area contributed by atoms with Crippen molar-refractivity contribution < 1.29 is 0 Å². The van der Waals surface area contributed by atoms with Crippen LogP contribution in [0.1, 0.15) is 57.6 Å². The highest BCUT2D eigenvalue weighted by Gasteiger charge is 2.22. The van der Waals surface area contributed by atoms with Gasteiger partial charge in [-0.2, -0.15) is 5.10 Å². The van der Waals surface area contributed by atoms with Crippen molar-refractivity contribution in [3.63, 3.8) is 0 Å². The van der Waals surface area contributed by atoms with E-state index in [2.05, 4.69) is 51.4 Å². The molecule has 5 nitrogen and oxygen atoms in total. The molecule has 2 heterocycles. The molecule has 0 unspecified atom stereocenters. The zero-order valence-electron chi connectivity index (χ0n) is 15.6. The van der Waals surface area contributed by atoms with Crippen LogP contribution < -0.4 is 5.32 Å². The molecule has 0 radical (unpaired) electrons. The standard InChI is InChI=1S/C20H31N5/c1-3-12-25(4-2)13-11-22-19-14-17(9-10-21-19)18-15-23-24-20(18)16-7-5-6-8-16/h9-10,14-16H,3-8,11-13H2,1-2H3,(H,21,22)(H,23,24). The average molecular weight is 342 g/mol. The molecule has 0 atom stereocenters. The molecule has 1 saturated carbocycles. The number of anilines is 1. The minimum atomic E-state index is 0.634. The van der Waals surface area contributed by atoms with E-state index in [9.17, 15) is 0 Å². The van der Waals surface area contributed by atoms with Crippen molar-refractivity contribution >= 4 is 5.82 Å². The maximum absolute atomic E-state index is 4.48. The van der Waals surface area contributed by atoms with Crippen molar-refractivity contribution in [2.75, 3.05) is 31.5 Å². The van der Waals surface area contributed by atoms with Crippen molar-refractivity contribution in [1.29, 1.82) is 0 Å². The van der Waals surface area contributed by atoms with E-state index in [1.54, 1.807) is 0 Å². The highest BCUT2D eigenvalue weighted by Crippen LogP contribution is 2.38. The fourth-order valence-corrected chi connectivity index (χ4v) is 3.83. The molecule has 0 spiro atoms. The van der Waals surface area contributed by atoms with E-state index in [4.69, 9.17) is 0 Å². The summed E-state index contributed by atoms with van der Waals surface area (Å²) >= 11 is 0. The van der Waals surface area contributed by atoms with Gasteiger partial charge in [-0.15, -0.1) is 0 Å². The van der Waals surface area contributed by atoms with Gasteiger partial charge < -0.3 is 10.2 Å². The maximum atomic E-state index is 4.48. The molecule has 0 bridgehead atoms. The lowest BCUT2D eigenvalue weighted by molar-refractivity contribution is 0.300. The Kier molecular flexibility index (Phi) is 6.45. The highest BCUT2D eigenvalue weighted by atomic mass is 15.1. The molecular weight excluding hydrogens is 310 g/mol. The average Bonchev–Trinajstić information content (AvgIpc) is 3.32. The number of pyridine rings is 1. The number of hydrogen-bond donors (Lipinski definition) is 2. The topological polar surface area (TPSA) is 56.8 Å². The molecule has 136 valence electrons. The number of nitrogens with one attached hydrogen (secondary N) is 2. The van der Waals surface area contributed by atoms with E-state index in [0.29, 0.717) is 5.92 Å². The zero-order valence-corrected chi connectivity index (χ0v) is 15.6. The summed E-state index contributed by atoms with van der Waals surface area (Å²) in [5.41, 5.74) is 3.74. The third-order valence-electron chi connectivity index (χ3n) is 5.22. The molecule has 25 heavy (non-hydrogen) atoms. The van der Waals surface area contributed by atoms with Gasteiger partial charge in [0, 0.05) is 36.5 Å². The molecule has 3 rings (SSSR count). The van der Waals surface area contributed by atoms with Crippen LogP contribution in [0, 0.1) is 0 Å². The van der Waals surface area contributed by atoms with Crippen LogP contribution in [0.3, 0.4) is 0 Å². The molecule has 0 saturated heterocycles. The third kappa shape index (κ3) is 4.60. The van der Waals surface area contributed by atoms with Crippen LogP contribution in [0.4, 0.5) is 5.82 Å². The van der Waals surface area contributed by atoms with Crippen LogP contribution in [0.15, 0.2) is 24.5 Å². The predicted octanol–water partition coefficient (Wildman–Crippen LogP) is 4.27. The fourth-order valence-electron chi connectivity index (χ4n) is 3.83. The summed E-state index contributed by atoms with van der Waals surface area (Å²) in [5.74, 6) is 1.58. The summed E-state index contributed by atoms with van der Waals surface area (Å²) in [5, 5.41) is 11.0. The van der Waals surface area contributed by atoms with Gasteiger partial charge in [0.15, 0.2) is 0 Å². The molecule has 1 aliphatic carbocycles. The molecule has 0 aromatic carbocycles. The van der Waals surface area contributed by atoms with Crippen LogP contribution in [-0.2, 0) is 0 Å². The molecule has 0 amide bonds. The molecular formula is C20H31N5. The number of rotatable bonds is 9. The van der Waals surface area contributed by atoms with Gasteiger partial charge in [0.05, 0.1) is 6.20 Å². The Bertz CT molecular complexity index is 645. The van der Waals surface area contributed by atoms with Crippen molar-refractivity contribution in [3.05, 3.63) is 30.2 Å².